The molecule has 0 saturated heterocycles. The molecule has 5 nitrogen and oxygen atoms in total. The SMILES string of the molecule is COCCN=C1Sc2nc3ccc(C)cc3cc2CN1Cc1ccccc1OC. The maximum atomic E-state index is 5.56. The third-order valence-electron chi connectivity index (χ3n) is 4.93. The highest BCUT2D eigenvalue weighted by atomic mass is 32.2. The van der Waals surface area contributed by atoms with E-state index in [2.05, 4.69) is 42.2 Å². The van der Waals surface area contributed by atoms with Gasteiger partial charge in [-0.2, -0.15) is 0 Å². The van der Waals surface area contributed by atoms with Gasteiger partial charge in [-0.1, -0.05) is 29.8 Å². The fourth-order valence-electron chi connectivity index (χ4n) is 3.48. The van der Waals surface area contributed by atoms with Crippen molar-refractivity contribution in [3.8, 4) is 5.75 Å². The Hall–Kier alpha value is -2.57. The van der Waals surface area contributed by atoms with Crippen molar-refractivity contribution < 1.29 is 9.47 Å². The van der Waals surface area contributed by atoms with Crippen molar-refractivity contribution in [2.75, 3.05) is 27.4 Å². The van der Waals surface area contributed by atoms with Crippen molar-refractivity contribution in [2.24, 2.45) is 4.99 Å². The molecular weight excluding hydrogens is 382 g/mol. The number of methoxy groups -OCH3 is 2. The first-order chi connectivity index (χ1) is 14.2. The monoisotopic (exact) mass is 407 g/mol. The van der Waals surface area contributed by atoms with Crippen molar-refractivity contribution in [1.82, 2.24) is 9.88 Å². The van der Waals surface area contributed by atoms with Gasteiger partial charge in [0.05, 0.1) is 25.8 Å². The van der Waals surface area contributed by atoms with Crippen LogP contribution in [0, 0.1) is 6.92 Å². The molecule has 29 heavy (non-hydrogen) atoms. The molecule has 4 rings (SSSR count). The normalized spacial score (nSPS) is 15.0. The van der Waals surface area contributed by atoms with Gasteiger partial charge in [0.2, 0.25) is 0 Å². The summed E-state index contributed by atoms with van der Waals surface area (Å²) in [5.41, 5.74) is 4.64. The summed E-state index contributed by atoms with van der Waals surface area (Å²) in [6.45, 7) is 4.84. The molecule has 3 aromatic rings. The molecule has 1 aromatic heterocycles. The molecule has 1 aliphatic rings. The molecule has 0 spiro atoms. The first-order valence-electron chi connectivity index (χ1n) is 9.66. The summed E-state index contributed by atoms with van der Waals surface area (Å²) in [6.07, 6.45) is 0. The summed E-state index contributed by atoms with van der Waals surface area (Å²) in [7, 11) is 3.41. The van der Waals surface area contributed by atoms with E-state index < -0.39 is 0 Å². The minimum absolute atomic E-state index is 0.601. The van der Waals surface area contributed by atoms with E-state index in [1.54, 1.807) is 26.0 Å². The standard InChI is InChI=1S/C23H25N3O2S/c1-16-8-9-20-18(12-16)13-19-15-26(14-17-6-4-5-7-21(17)28-3)23(24-10-11-27-2)29-22(19)25-20/h4-9,12-13H,10-11,14-15H2,1-3H3. The van der Waals surface area contributed by atoms with E-state index in [1.165, 1.54) is 16.5 Å². The van der Waals surface area contributed by atoms with E-state index in [9.17, 15) is 0 Å². The lowest BCUT2D eigenvalue weighted by Crippen LogP contribution is -2.32. The second kappa shape index (κ2) is 8.84. The number of rotatable bonds is 6. The molecule has 0 saturated carbocycles. The lowest BCUT2D eigenvalue weighted by atomic mass is 10.1. The van der Waals surface area contributed by atoms with Crippen molar-refractivity contribution in [2.45, 2.75) is 25.0 Å². The smallest absolute Gasteiger partial charge is 0.166 e. The molecule has 6 heteroatoms. The number of ether oxygens (including phenoxy) is 2. The van der Waals surface area contributed by atoms with Gasteiger partial charge in [-0.25, -0.2) is 4.98 Å². The summed E-state index contributed by atoms with van der Waals surface area (Å²) in [6, 6.07) is 16.8. The van der Waals surface area contributed by atoms with E-state index in [0.717, 1.165) is 40.1 Å². The Morgan fingerprint density at radius 3 is 2.83 bits per heavy atom. The van der Waals surface area contributed by atoms with Gasteiger partial charge in [-0.05, 0) is 43.0 Å². The number of hydrogen-bond acceptors (Lipinski definition) is 5. The highest BCUT2D eigenvalue weighted by molar-refractivity contribution is 8.13. The highest BCUT2D eigenvalue weighted by Crippen LogP contribution is 2.35. The number of nitrogens with zero attached hydrogens (tertiary/aromatic N) is 3. The van der Waals surface area contributed by atoms with Gasteiger partial charge >= 0.3 is 0 Å². The Morgan fingerprint density at radius 1 is 1.14 bits per heavy atom. The predicted molar refractivity (Wildman–Crippen MR) is 119 cm³/mol. The first kappa shape index (κ1) is 19.7. The van der Waals surface area contributed by atoms with Crippen LogP contribution >= 0.6 is 11.8 Å². The Labute approximate surface area is 175 Å². The van der Waals surface area contributed by atoms with Crippen LogP contribution in [0.2, 0.25) is 0 Å². The van der Waals surface area contributed by atoms with Gasteiger partial charge in [-0.3, -0.25) is 4.99 Å². The van der Waals surface area contributed by atoms with Crippen LogP contribution in [-0.2, 0) is 17.8 Å². The molecule has 2 heterocycles. The molecule has 0 bridgehead atoms. The second-order valence-corrected chi connectivity index (χ2v) is 8.03. The summed E-state index contributed by atoms with van der Waals surface area (Å²) < 4.78 is 10.7. The number of aryl methyl sites for hydroxylation is 1. The number of hydrogen-bond donors (Lipinski definition) is 0. The van der Waals surface area contributed by atoms with E-state index >= 15 is 0 Å². The molecular formula is C23H25N3O2S. The maximum Gasteiger partial charge on any atom is 0.166 e. The molecule has 0 amide bonds. The minimum Gasteiger partial charge on any atom is -0.496 e. The molecule has 0 radical (unpaired) electrons. The zero-order chi connectivity index (χ0) is 20.2. The lowest BCUT2D eigenvalue weighted by molar-refractivity contribution is 0.207. The maximum absolute atomic E-state index is 5.56. The number of aliphatic imine (C=N–C) groups is 1. The van der Waals surface area contributed by atoms with Crippen LogP contribution in [-0.4, -0.2) is 42.4 Å². The third kappa shape index (κ3) is 4.38. The van der Waals surface area contributed by atoms with Crippen molar-refractivity contribution >= 4 is 27.8 Å². The number of thioether (sulfide) groups is 1. The zero-order valence-corrected chi connectivity index (χ0v) is 17.8. The summed E-state index contributed by atoms with van der Waals surface area (Å²) in [5.74, 6) is 0.895. The zero-order valence-electron chi connectivity index (χ0n) is 17.0. The molecule has 150 valence electrons. The summed E-state index contributed by atoms with van der Waals surface area (Å²) >= 11 is 1.64. The van der Waals surface area contributed by atoms with Gasteiger partial charge in [0.1, 0.15) is 10.8 Å². The number of benzene rings is 2. The Bertz CT molecular complexity index is 1050. The van der Waals surface area contributed by atoms with Crippen LogP contribution < -0.4 is 4.74 Å². The van der Waals surface area contributed by atoms with Crippen molar-refractivity contribution in [1.29, 1.82) is 0 Å². The summed E-state index contributed by atoms with van der Waals surface area (Å²) in [5, 5.41) is 3.19. The van der Waals surface area contributed by atoms with Crippen molar-refractivity contribution in [3.05, 3.63) is 65.2 Å². The number of pyridine rings is 1. The van der Waals surface area contributed by atoms with Crippen LogP contribution in [0.5, 0.6) is 5.75 Å². The van der Waals surface area contributed by atoms with Crippen LogP contribution in [0.4, 0.5) is 0 Å². The predicted octanol–water partition coefficient (Wildman–Crippen LogP) is 4.66. The van der Waals surface area contributed by atoms with Gasteiger partial charge in [0, 0.05) is 36.7 Å². The number of aromatic nitrogens is 1. The number of fused-ring (bicyclic) bond motifs is 2. The average molecular weight is 408 g/mol. The molecule has 0 unspecified atom stereocenters. The molecule has 0 fully saturated rings. The van der Waals surface area contributed by atoms with Gasteiger partial charge in [-0.15, -0.1) is 0 Å². The molecule has 0 atom stereocenters. The molecule has 0 N–H and O–H groups in total. The Kier molecular flexibility index (Phi) is 6.02. The molecule has 0 aliphatic carbocycles. The fraction of sp³-hybridized carbons (Fsp3) is 0.304. The van der Waals surface area contributed by atoms with Crippen molar-refractivity contribution in [3.63, 3.8) is 0 Å². The van der Waals surface area contributed by atoms with E-state index in [1.807, 2.05) is 18.2 Å². The van der Waals surface area contributed by atoms with Gasteiger partial charge < -0.3 is 14.4 Å². The minimum atomic E-state index is 0.601. The molecule has 2 aromatic carbocycles. The van der Waals surface area contributed by atoms with Crippen LogP contribution in [0.1, 0.15) is 16.7 Å². The summed E-state index contributed by atoms with van der Waals surface area (Å²) in [4.78, 5) is 12.0. The van der Waals surface area contributed by atoms with Crippen LogP contribution in [0.25, 0.3) is 10.9 Å². The van der Waals surface area contributed by atoms with E-state index in [-0.39, 0.29) is 0 Å². The lowest BCUT2D eigenvalue weighted by Gasteiger charge is -2.31. The largest absolute Gasteiger partial charge is 0.496 e. The Morgan fingerprint density at radius 2 is 2.00 bits per heavy atom. The second-order valence-electron chi connectivity index (χ2n) is 7.08. The Balaban J connectivity index is 1.70. The van der Waals surface area contributed by atoms with Crippen LogP contribution in [0.3, 0.4) is 0 Å². The highest BCUT2D eigenvalue weighted by Gasteiger charge is 2.25. The molecule has 1 aliphatic heterocycles. The van der Waals surface area contributed by atoms with Crippen LogP contribution in [0.15, 0.2) is 58.5 Å². The number of amidine groups is 1. The van der Waals surface area contributed by atoms with E-state index in [0.29, 0.717) is 13.2 Å². The number of para-hydroxylation sites is 1. The quantitative estimate of drug-likeness (QED) is 0.556. The topological polar surface area (TPSA) is 47.0 Å². The average Bonchev–Trinajstić information content (AvgIpc) is 2.73. The third-order valence-corrected chi connectivity index (χ3v) is 6.04. The fourth-order valence-corrected chi connectivity index (χ4v) is 4.46. The van der Waals surface area contributed by atoms with Gasteiger partial charge in [0.25, 0.3) is 0 Å². The van der Waals surface area contributed by atoms with Gasteiger partial charge in [0.15, 0.2) is 5.17 Å². The first-order valence-corrected chi connectivity index (χ1v) is 10.5. The van der Waals surface area contributed by atoms with E-state index in [4.69, 9.17) is 19.5 Å².